The molecule has 2 atom stereocenters. The molecule has 0 radical (unpaired) electrons. The normalized spacial score (nSPS) is 23.8. The number of likely N-dealkylation sites (tertiary alicyclic amines) is 1. The average Bonchev–Trinajstić information content (AvgIpc) is 2.48. The van der Waals surface area contributed by atoms with Gasteiger partial charge in [0.25, 0.3) is 0 Å². The summed E-state index contributed by atoms with van der Waals surface area (Å²) in [5.74, 6) is -0.377. The Morgan fingerprint density at radius 1 is 1.79 bits per heavy atom. The lowest BCUT2D eigenvalue weighted by molar-refractivity contribution is -0.132. The summed E-state index contributed by atoms with van der Waals surface area (Å²) in [5.41, 5.74) is 5.35. The molecule has 0 aromatic heterocycles. The van der Waals surface area contributed by atoms with E-state index in [4.69, 9.17) is 5.73 Å². The monoisotopic (exact) mass is 199 g/mol. The van der Waals surface area contributed by atoms with E-state index in [9.17, 15) is 9.59 Å². The molecule has 1 heterocycles. The number of carbonyl (C=O) groups excluding carboxylic acids is 2. The highest BCUT2D eigenvalue weighted by Gasteiger charge is 2.30. The summed E-state index contributed by atoms with van der Waals surface area (Å²) in [5, 5.41) is 2.70. The van der Waals surface area contributed by atoms with Gasteiger partial charge in [0.1, 0.15) is 6.04 Å². The van der Waals surface area contributed by atoms with E-state index < -0.39 is 0 Å². The van der Waals surface area contributed by atoms with Crippen LogP contribution in [0.15, 0.2) is 0 Å². The van der Waals surface area contributed by atoms with E-state index in [-0.39, 0.29) is 23.8 Å². The Hall–Kier alpha value is -1.10. The van der Waals surface area contributed by atoms with Crippen LogP contribution in [0.25, 0.3) is 0 Å². The third-order valence-corrected chi connectivity index (χ3v) is 2.55. The van der Waals surface area contributed by atoms with Gasteiger partial charge in [-0.2, -0.15) is 0 Å². The zero-order chi connectivity index (χ0) is 10.7. The van der Waals surface area contributed by atoms with Crippen molar-refractivity contribution >= 4 is 11.8 Å². The topological polar surface area (TPSA) is 75.4 Å². The molecule has 2 amide bonds. The van der Waals surface area contributed by atoms with Gasteiger partial charge in [-0.15, -0.1) is 0 Å². The molecule has 5 nitrogen and oxygen atoms in total. The van der Waals surface area contributed by atoms with Crippen LogP contribution in [0.2, 0.25) is 0 Å². The maximum atomic E-state index is 11.4. The smallest absolute Gasteiger partial charge is 0.244 e. The first-order valence-corrected chi connectivity index (χ1v) is 4.81. The third-order valence-electron chi connectivity index (χ3n) is 2.55. The number of nitrogens with one attached hydrogen (secondary N) is 1. The number of amides is 2. The van der Waals surface area contributed by atoms with Crippen LogP contribution in [-0.4, -0.2) is 42.9 Å². The number of hydrogen-bond donors (Lipinski definition) is 2. The number of nitrogens with zero attached hydrogens (tertiary/aromatic N) is 1. The first-order valence-electron chi connectivity index (χ1n) is 4.81. The largest absolute Gasteiger partial charge is 0.344 e. The van der Waals surface area contributed by atoms with Gasteiger partial charge in [-0.25, -0.2) is 0 Å². The van der Waals surface area contributed by atoms with Crippen molar-refractivity contribution in [3.8, 4) is 0 Å². The molecule has 0 saturated carbocycles. The Kier molecular flexibility index (Phi) is 3.46. The van der Waals surface area contributed by atoms with Gasteiger partial charge in [0.2, 0.25) is 11.8 Å². The van der Waals surface area contributed by atoms with E-state index >= 15 is 0 Å². The molecule has 1 saturated heterocycles. The van der Waals surface area contributed by atoms with E-state index in [0.29, 0.717) is 19.5 Å². The van der Waals surface area contributed by atoms with Crippen molar-refractivity contribution in [3.05, 3.63) is 0 Å². The predicted octanol–water partition coefficient (Wildman–Crippen LogP) is -1.07. The van der Waals surface area contributed by atoms with Gasteiger partial charge in [-0.3, -0.25) is 9.59 Å². The van der Waals surface area contributed by atoms with Crippen LogP contribution < -0.4 is 11.1 Å². The molecule has 0 aromatic rings. The molecular formula is C9H17N3O2. The Morgan fingerprint density at radius 2 is 2.43 bits per heavy atom. The van der Waals surface area contributed by atoms with Crippen LogP contribution in [0.1, 0.15) is 13.3 Å². The summed E-state index contributed by atoms with van der Waals surface area (Å²) in [7, 11) is 1.74. The van der Waals surface area contributed by atoms with Gasteiger partial charge in [-0.05, 0) is 6.42 Å². The minimum Gasteiger partial charge on any atom is -0.344 e. The van der Waals surface area contributed by atoms with Gasteiger partial charge in [-0.1, -0.05) is 6.92 Å². The van der Waals surface area contributed by atoms with Gasteiger partial charge < -0.3 is 16.0 Å². The fraction of sp³-hybridized carbons (Fsp3) is 0.778. The molecule has 0 aromatic carbocycles. The molecule has 1 fully saturated rings. The van der Waals surface area contributed by atoms with Crippen molar-refractivity contribution < 1.29 is 9.59 Å². The molecule has 1 aliphatic rings. The predicted molar refractivity (Wildman–Crippen MR) is 52.4 cm³/mol. The Labute approximate surface area is 83.6 Å². The van der Waals surface area contributed by atoms with Crippen molar-refractivity contribution in [2.75, 3.05) is 20.1 Å². The molecule has 80 valence electrons. The first kappa shape index (κ1) is 11.0. The van der Waals surface area contributed by atoms with E-state index in [1.165, 1.54) is 0 Å². The molecule has 1 rings (SSSR count). The summed E-state index contributed by atoms with van der Waals surface area (Å²) < 4.78 is 0. The van der Waals surface area contributed by atoms with Crippen LogP contribution in [0.4, 0.5) is 0 Å². The average molecular weight is 199 g/mol. The molecule has 14 heavy (non-hydrogen) atoms. The first-order chi connectivity index (χ1) is 6.56. The molecule has 2 unspecified atom stereocenters. The number of carbonyl (C=O) groups is 2. The molecule has 0 bridgehead atoms. The van der Waals surface area contributed by atoms with Crippen molar-refractivity contribution in [3.63, 3.8) is 0 Å². The van der Waals surface area contributed by atoms with Crippen molar-refractivity contribution in [1.29, 1.82) is 0 Å². The van der Waals surface area contributed by atoms with Crippen LogP contribution in [-0.2, 0) is 9.59 Å². The summed E-state index contributed by atoms with van der Waals surface area (Å²) in [6.07, 6.45) is 0.693. The highest BCUT2D eigenvalue weighted by atomic mass is 16.2. The molecule has 1 aliphatic heterocycles. The minimum atomic E-state index is -0.346. The van der Waals surface area contributed by atoms with Crippen LogP contribution >= 0.6 is 0 Å². The molecular weight excluding hydrogens is 182 g/mol. The molecule has 3 N–H and O–H groups in total. The Morgan fingerprint density at radius 3 is 2.86 bits per heavy atom. The van der Waals surface area contributed by atoms with Gasteiger partial charge in [0, 0.05) is 26.1 Å². The van der Waals surface area contributed by atoms with Crippen molar-refractivity contribution in [2.24, 2.45) is 11.7 Å². The number of rotatable bonds is 3. The van der Waals surface area contributed by atoms with Crippen molar-refractivity contribution in [1.82, 2.24) is 10.2 Å². The summed E-state index contributed by atoms with van der Waals surface area (Å²) in [4.78, 5) is 24.5. The van der Waals surface area contributed by atoms with Crippen LogP contribution in [0.5, 0.6) is 0 Å². The second-order valence-electron chi connectivity index (χ2n) is 3.75. The summed E-state index contributed by atoms with van der Waals surface area (Å²) in [6, 6.07) is -0.346. The number of hydrogen-bond acceptors (Lipinski definition) is 3. The summed E-state index contributed by atoms with van der Waals surface area (Å²) in [6.45, 7) is 2.77. The third kappa shape index (κ3) is 2.23. The maximum Gasteiger partial charge on any atom is 0.244 e. The minimum absolute atomic E-state index is 0.0115. The van der Waals surface area contributed by atoms with Gasteiger partial charge >= 0.3 is 0 Å². The lowest BCUT2D eigenvalue weighted by Crippen LogP contribution is -2.44. The van der Waals surface area contributed by atoms with Crippen LogP contribution in [0.3, 0.4) is 0 Å². The highest BCUT2D eigenvalue weighted by molar-refractivity contribution is 5.89. The zero-order valence-electron chi connectivity index (χ0n) is 8.62. The fourth-order valence-electron chi connectivity index (χ4n) is 1.38. The Balaban J connectivity index is 2.45. The molecule has 0 aliphatic carbocycles. The van der Waals surface area contributed by atoms with Gasteiger partial charge in [0.15, 0.2) is 0 Å². The molecule has 5 heteroatoms. The number of nitrogens with two attached hydrogens (primary N) is 1. The highest BCUT2D eigenvalue weighted by Crippen LogP contribution is 2.08. The fourth-order valence-corrected chi connectivity index (χ4v) is 1.38. The lowest BCUT2D eigenvalue weighted by atomic mass is 10.1. The standard InChI is InChI=1S/C9H17N3O2/c1-6(5-10)8(13)11-7-3-4-12(2)9(7)14/h6-7H,3-5,10H2,1-2H3,(H,11,13). The maximum absolute atomic E-state index is 11.4. The van der Waals surface area contributed by atoms with Crippen molar-refractivity contribution in [2.45, 2.75) is 19.4 Å². The quantitative estimate of drug-likeness (QED) is 0.607. The van der Waals surface area contributed by atoms with Crippen LogP contribution in [0, 0.1) is 5.92 Å². The second kappa shape index (κ2) is 4.41. The summed E-state index contributed by atoms with van der Waals surface area (Å²) >= 11 is 0. The lowest BCUT2D eigenvalue weighted by Gasteiger charge is -2.14. The van der Waals surface area contributed by atoms with E-state index in [1.807, 2.05) is 0 Å². The van der Waals surface area contributed by atoms with E-state index in [2.05, 4.69) is 5.32 Å². The molecule has 0 spiro atoms. The van der Waals surface area contributed by atoms with E-state index in [1.54, 1.807) is 18.9 Å². The Bertz CT molecular complexity index is 242. The SMILES string of the molecule is CC(CN)C(=O)NC1CCN(C)C1=O. The second-order valence-corrected chi connectivity index (χ2v) is 3.75. The van der Waals surface area contributed by atoms with E-state index in [0.717, 1.165) is 0 Å². The number of likely N-dealkylation sites (N-methyl/N-ethyl adjacent to an activating group) is 1. The van der Waals surface area contributed by atoms with Gasteiger partial charge in [0.05, 0.1) is 0 Å². The zero-order valence-corrected chi connectivity index (χ0v) is 8.62.